The molecular weight excluding hydrogens is 819 g/mol. The van der Waals surface area contributed by atoms with Crippen LogP contribution in [0.25, 0.3) is 43.1 Å². The maximum absolute atomic E-state index is 2.31. The monoisotopic (exact) mass is 866 g/mol. The molecule has 52 heavy (non-hydrogen) atoms. The van der Waals surface area contributed by atoms with E-state index in [4.69, 9.17) is 0 Å². The van der Waals surface area contributed by atoms with Crippen LogP contribution in [0.2, 0.25) is 0 Å². The van der Waals surface area contributed by atoms with Crippen molar-refractivity contribution < 1.29 is 68.2 Å². The summed E-state index contributed by atoms with van der Waals surface area (Å²) in [6, 6.07) is 52.7. The molecule has 0 aliphatic carbocycles. The summed E-state index contributed by atoms with van der Waals surface area (Å²) in [6.07, 6.45) is 0. The third-order valence-corrected chi connectivity index (χ3v) is 13.6. The van der Waals surface area contributed by atoms with Crippen molar-refractivity contribution >= 4 is 96.0 Å². The molecule has 0 amide bonds. The first-order valence-electron chi connectivity index (χ1n) is 16.4. The van der Waals surface area contributed by atoms with Gasteiger partial charge in [0.1, 0.15) is 0 Å². The van der Waals surface area contributed by atoms with Gasteiger partial charge in [0.2, 0.25) is 0 Å². The van der Waals surface area contributed by atoms with Gasteiger partial charge < -0.3 is 24.8 Å². The molecule has 8 aromatic rings. The Kier molecular flexibility index (Phi) is 22.5. The van der Waals surface area contributed by atoms with E-state index in [1.807, 2.05) is 0 Å². The molecule has 0 unspecified atom stereocenters. The SMILES string of the molecule is CP(C)c1cc2ccccc2[cH-]1.CP(C)c1cc2ccccc2[cH-]1.CP(C)c1cc2ccccc2[cH-]1.CP(C)c1cc2ccccc2[cH-]1.[Cl-].[Cl-].[Ti+2].[Ti+2]. The Morgan fingerprint density at radius 3 is 0.635 bits per heavy atom. The second-order valence-corrected chi connectivity index (χ2v) is 22.2. The van der Waals surface area contributed by atoms with Gasteiger partial charge in [0.25, 0.3) is 0 Å². The summed E-state index contributed by atoms with van der Waals surface area (Å²) in [7, 11) is 0.230. The molecule has 0 atom stereocenters. The van der Waals surface area contributed by atoms with Crippen LogP contribution in [0.5, 0.6) is 0 Å². The zero-order valence-corrected chi connectivity index (χ0v) is 39.6. The molecule has 0 bridgehead atoms. The second-order valence-electron chi connectivity index (χ2n) is 12.9. The van der Waals surface area contributed by atoms with Gasteiger partial charge in [-0.05, 0) is 53.3 Å². The molecule has 0 aliphatic heterocycles. The van der Waals surface area contributed by atoms with E-state index in [0.29, 0.717) is 0 Å². The van der Waals surface area contributed by atoms with Crippen molar-refractivity contribution in [1.82, 2.24) is 0 Å². The Bertz CT molecular complexity index is 1740. The van der Waals surface area contributed by atoms with Crippen molar-refractivity contribution in [2.75, 3.05) is 53.3 Å². The fraction of sp³-hybridized carbons (Fsp3) is 0.182. The van der Waals surface area contributed by atoms with E-state index in [-0.39, 0.29) is 99.9 Å². The van der Waals surface area contributed by atoms with Crippen LogP contribution in [0.4, 0.5) is 0 Å². The average molecular weight is 867 g/mol. The molecule has 0 spiro atoms. The molecule has 8 heteroatoms. The van der Waals surface area contributed by atoms with E-state index in [1.54, 1.807) is 0 Å². The van der Waals surface area contributed by atoms with Crippen molar-refractivity contribution in [3.63, 3.8) is 0 Å². The van der Waals surface area contributed by atoms with Crippen LogP contribution in [0.15, 0.2) is 146 Å². The predicted octanol–water partition coefficient (Wildman–Crippen LogP) is 5.71. The van der Waals surface area contributed by atoms with Crippen molar-refractivity contribution in [2.24, 2.45) is 0 Å². The van der Waals surface area contributed by atoms with Gasteiger partial charge >= 0.3 is 43.4 Å². The van der Waals surface area contributed by atoms with Gasteiger partial charge in [-0.2, -0.15) is 24.3 Å². The number of hydrogen-bond acceptors (Lipinski definition) is 0. The summed E-state index contributed by atoms with van der Waals surface area (Å²) in [5.41, 5.74) is 0. The van der Waals surface area contributed by atoms with Gasteiger partial charge in [0.05, 0.1) is 0 Å². The van der Waals surface area contributed by atoms with Crippen molar-refractivity contribution in [3.8, 4) is 0 Å². The van der Waals surface area contributed by atoms with Gasteiger partial charge in [-0.1, -0.05) is 24.3 Å². The minimum atomic E-state index is 0. The van der Waals surface area contributed by atoms with Gasteiger partial charge in [-0.25, -0.2) is 0 Å². The van der Waals surface area contributed by atoms with E-state index in [2.05, 4.69) is 199 Å². The predicted molar refractivity (Wildman–Crippen MR) is 232 cm³/mol. The minimum Gasteiger partial charge on any atom is -1.00 e. The summed E-state index contributed by atoms with van der Waals surface area (Å²) < 4.78 is 0. The minimum absolute atomic E-state index is 0. The zero-order chi connectivity index (χ0) is 34.2. The smallest absolute Gasteiger partial charge is 1.00 e. The Labute approximate surface area is 360 Å². The van der Waals surface area contributed by atoms with E-state index in [9.17, 15) is 0 Å². The van der Waals surface area contributed by atoms with Crippen molar-refractivity contribution in [3.05, 3.63) is 146 Å². The van der Waals surface area contributed by atoms with Crippen molar-refractivity contribution in [1.29, 1.82) is 0 Å². The Hall–Kier alpha value is -0.951. The number of halogens is 2. The molecule has 268 valence electrons. The zero-order valence-electron chi connectivity index (χ0n) is 31.4. The van der Waals surface area contributed by atoms with E-state index in [1.165, 1.54) is 64.3 Å². The Morgan fingerprint density at radius 1 is 0.308 bits per heavy atom. The first kappa shape index (κ1) is 49.1. The quantitative estimate of drug-likeness (QED) is 0.121. The molecule has 0 N–H and O–H groups in total. The van der Waals surface area contributed by atoms with E-state index < -0.39 is 0 Å². The fourth-order valence-corrected chi connectivity index (χ4v) is 8.75. The van der Waals surface area contributed by atoms with Gasteiger partial charge in [-0.15, -0.1) is 193 Å². The molecular formula is C44H48Cl2P4Ti2-2. The summed E-state index contributed by atoms with van der Waals surface area (Å²) in [4.78, 5) is 0. The summed E-state index contributed by atoms with van der Waals surface area (Å²) >= 11 is 0. The molecule has 8 aromatic carbocycles. The molecule has 0 saturated carbocycles. The maximum Gasteiger partial charge on any atom is 2.00 e. The largest absolute Gasteiger partial charge is 2.00 e. The van der Waals surface area contributed by atoms with E-state index in [0.717, 1.165) is 0 Å². The first-order chi connectivity index (χ1) is 23.1. The molecule has 0 saturated heterocycles. The van der Waals surface area contributed by atoms with Crippen LogP contribution in [0.1, 0.15) is 0 Å². The second kappa shape index (κ2) is 23.9. The fourth-order valence-electron chi connectivity index (χ4n) is 5.57. The standard InChI is InChI=1S/4C11H12P.2ClH.2Ti/c4*1-12(2)11-7-9-5-3-4-6-10(9)8-11;;;;/h4*3-8H,1-2H3;2*1H;;/q4*-1;;;2*+2/p-2. The van der Waals surface area contributed by atoms with Crippen LogP contribution >= 0.6 is 31.7 Å². The van der Waals surface area contributed by atoms with Crippen LogP contribution in [-0.4, -0.2) is 53.3 Å². The number of benzene rings is 4. The number of hydrogen-bond donors (Lipinski definition) is 0. The summed E-state index contributed by atoms with van der Waals surface area (Å²) in [6.45, 7) is 18.4. The molecule has 8 rings (SSSR count). The topological polar surface area (TPSA) is 0 Å². The van der Waals surface area contributed by atoms with Gasteiger partial charge in [-0.3, -0.25) is 0 Å². The van der Waals surface area contributed by atoms with Gasteiger partial charge in [0, 0.05) is 0 Å². The summed E-state index contributed by atoms with van der Waals surface area (Å²) in [5.74, 6) is 0. The molecule has 0 radical (unpaired) electrons. The Balaban J connectivity index is 0.000000338. The number of rotatable bonds is 4. The maximum atomic E-state index is 2.31. The molecule has 0 fully saturated rings. The number of fused-ring (bicyclic) bond motifs is 4. The molecule has 0 aromatic heterocycles. The van der Waals surface area contributed by atoms with Gasteiger partial charge in [0.15, 0.2) is 0 Å². The molecule has 0 aliphatic rings. The normalized spacial score (nSPS) is 10.4. The third-order valence-electron chi connectivity index (χ3n) is 8.48. The van der Waals surface area contributed by atoms with Crippen molar-refractivity contribution in [2.45, 2.75) is 0 Å². The average Bonchev–Trinajstić information content (AvgIpc) is 3.89. The van der Waals surface area contributed by atoms with Crippen LogP contribution in [0.3, 0.4) is 0 Å². The van der Waals surface area contributed by atoms with Crippen LogP contribution in [-0.2, 0) is 43.4 Å². The molecule has 0 nitrogen and oxygen atoms in total. The summed E-state index contributed by atoms with van der Waals surface area (Å²) in [5, 5.41) is 17.1. The van der Waals surface area contributed by atoms with Crippen LogP contribution in [0, 0.1) is 0 Å². The molecule has 0 heterocycles. The Morgan fingerprint density at radius 2 is 0.481 bits per heavy atom. The van der Waals surface area contributed by atoms with E-state index >= 15 is 0 Å². The van der Waals surface area contributed by atoms with Crippen LogP contribution < -0.4 is 46.0 Å². The third kappa shape index (κ3) is 13.7. The first-order valence-corrected chi connectivity index (χ1v) is 25.3.